The summed E-state index contributed by atoms with van der Waals surface area (Å²) in [5.41, 5.74) is 0. The number of likely N-dealkylation sites (N-methyl/N-ethyl adjacent to an activating group) is 1. The highest BCUT2D eigenvalue weighted by atomic mass is 16.3. The minimum absolute atomic E-state index is 0.258. The number of anilines is 3. The average molecular weight is 413 g/mol. The van der Waals surface area contributed by atoms with Crippen LogP contribution in [0.2, 0.25) is 0 Å². The molecule has 0 spiro atoms. The van der Waals surface area contributed by atoms with E-state index in [1.54, 1.807) is 13.1 Å². The highest BCUT2D eigenvalue weighted by Crippen LogP contribution is 2.27. The first kappa shape index (κ1) is 20.7. The maximum atomic E-state index is 9.82. The zero-order chi connectivity index (χ0) is 21.3. The van der Waals surface area contributed by atoms with Crippen molar-refractivity contribution in [3.05, 3.63) is 30.4 Å². The highest BCUT2D eigenvalue weighted by Gasteiger charge is 2.32. The third kappa shape index (κ3) is 4.32. The first-order valence-electron chi connectivity index (χ1n) is 10.7. The Labute approximate surface area is 178 Å². The van der Waals surface area contributed by atoms with Gasteiger partial charge in [0.25, 0.3) is 0 Å². The summed E-state index contributed by atoms with van der Waals surface area (Å²) in [7, 11) is 2.15. The lowest BCUT2D eigenvalue weighted by atomic mass is 10.1. The van der Waals surface area contributed by atoms with E-state index in [4.69, 9.17) is 4.98 Å². The Hall–Kier alpha value is -2.52. The van der Waals surface area contributed by atoms with Crippen molar-refractivity contribution >= 4 is 17.6 Å². The van der Waals surface area contributed by atoms with Crippen LogP contribution >= 0.6 is 0 Å². The first-order chi connectivity index (χ1) is 14.4. The predicted molar refractivity (Wildman–Crippen MR) is 118 cm³/mol. The molecule has 2 aliphatic rings. The van der Waals surface area contributed by atoms with E-state index in [2.05, 4.69) is 55.4 Å². The molecular weight excluding hydrogens is 380 g/mol. The summed E-state index contributed by atoms with van der Waals surface area (Å²) < 4.78 is 0. The van der Waals surface area contributed by atoms with Gasteiger partial charge in [-0.1, -0.05) is 0 Å². The smallest absolute Gasteiger partial charge is 0.227 e. The predicted octanol–water partition coefficient (Wildman–Crippen LogP) is 1.18. The summed E-state index contributed by atoms with van der Waals surface area (Å²) >= 11 is 0. The molecule has 2 aromatic heterocycles. The van der Waals surface area contributed by atoms with E-state index < -0.39 is 6.10 Å². The standard InChI is InChI=1S/C21H32N8O/c1-15-13-28(18-5-7-22-20(24-18)17(3)30)14-16(2)29(15)19-6-8-23-21(25-19)27-11-9-26(4)10-12-27/h5-8,15-17,30H,9-14H2,1-4H3/t15-,16+,17-/m1/s1. The van der Waals surface area contributed by atoms with Gasteiger partial charge in [-0.05, 0) is 40.0 Å². The molecule has 2 aromatic rings. The fraction of sp³-hybridized carbons (Fsp3) is 0.619. The Balaban J connectivity index is 1.50. The molecule has 0 radical (unpaired) electrons. The Kier molecular flexibility index (Phi) is 6.01. The molecule has 2 fully saturated rings. The van der Waals surface area contributed by atoms with Gasteiger partial charge < -0.3 is 24.7 Å². The number of piperazine rings is 2. The SMILES string of the molecule is C[C@@H]1CN(c2ccnc([C@@H](C)O)n2)C[C@H](C)N1c1ccnc(N2CCN(C)CC2)n1. The number of nitrogens with zero attached hydrogens (tertiary/aromatic N) is 8. The van der Waals surface area contributed by atoms with Gasteiger partial charge in [0.2, 0.25) is 5.95 Å². The summed E-state index contributed by atoms with van der Waals surface area (Å²) in [6, 6.07) is 4.44. The number of hydrogen-bond donors (Lipinski definition) is 1. The quantitative estimate of drug-likeness (QED) is 0.795. The second kappa shape index (κ2) is 8.69. The number of aromatic nitrogens is 4. The van der Waals surface area contributed by atoms with Gasteiger partial charge in [-0.2, -0.15) is 4.98 Å². The van der Waals surface area contributed by atoms with Crippen LogP contribution < -0.4 is 14.7 Å². The second-order valence-corrected chi connectivity index (χ2v) is 8.46. The summed E-state index contributed by atoms with van der Waals surface area (Å²) in [5, 5.41) is 9.82. The molecule has 0 saturated carbocycles. The Morgan fingerprint density at radius 2 is 1.53 bits per heavy atom. The van der Waals surface area contributed by atoms with Crippen molar-refractivity contribution in [2.24, 2.45) is 0 Å². The van der Waals surface area contributed by atoms with Crippen molar-refractivity contribution in [2.45, 2.75) is 39.0 Å². The lowest BCUT2D eigenvalue weighted by molar-refractivity contribution is 0.189. The number of aliphatic hydroxyl groups excluding tert-OH is 1. The van der Waals surface area contributed by atoms with Crippen LogP contribution in [-0.2, 0) is 0 Å². The van der Waals surface area contributed by atoms with Crippen molar-refractivity contribution < 1.29 is 5.11 Å². The highest BCUT2D eigenvalue weighted by molar-refractivity contribution is 5.49. The van der Waals surface area contributed by atoms with Gasteiger partial charge in [0.05, 0.1) is 0 Å². The number of rotatable bonds is 4. The van der Waals surface area contributed by atoms with Gasteiger partial charge in [0, 0.05) is 63.7 Å². The summed E-state index contributed by atoms with van der Waals surface area (Å²) in [4.78, 5) is 27.4. The second-order valence-electron chi connectivity index (χ2n) is 8.46. The van der Waals surface area contributed by atoms with Gasteiger partial charge in [0.15, 0.2) is 5.82 Å². The van der Waals surface area contributed by atoms with E-state index in [1.165, 1.54) is 0 Å². The van der Waals surface area contributed by atoms with Crippen molar-refractivity contribution in [1.29, 1.82) is 0 Å². The largest absolute Gasteiger partial charge is 0.385 e. The molecule has 3 atom stereocenters. The monoisotopic (exact) mass is 412 g/mol. The van der Waals surface area contributed by atoms with Crippen LogP contribution in [0.5, 0.6) is 0 Å². The fourth-order valence-electron chi connectivity index (χ4n) is 4.34. The van der Waals surface area contributed by atoms with Gasteiger partial charge in [-0.25, -0.2) is 15.0 Å². The fourth-order valence-corrected chi connectivity index (χ4v) is 4.34. The van der Waals surface area contributed by atoms with E-state index in [9.17, 15) is 5.11 Å². The Bertz CT molecular complexity index is 842. The molecule has 0 aliphatic carbocycles. The van der Waals surface area contributed by atoms with Crippen LogP contribution in [0.4, 0.5) is 17.6 Å². The normalized spacial score (nSPS) is 24.2. The van der Waals surface area contributed by atoms with Crippen LogP contribution in [-0.4, -0.2) is 88.3 Å². The van der Waals surface area contributed by atoms with E-state index in [1.807, 2.05) is 18.3 Å². The third-order valence-corrected chi connectivity index (χ3v) is 5.95. The average Bonchev–Trinajstić information content (AvgIpc) is 2.74. The van der Waals surface area contributed by atoms with Crippen LogP contribution in [0.3, 0.4) is 0 Å². The molecular formula is C21H32N8O. The zero-order valence-corrected chi connectivity index (χ0v) is 18.3. The lowest BCUT2D eigenvalue weighted by Gasteiger charge is -2.45. The Morgan fingerprint density at radius 1 is 0.900 bits per heavy atom. The molecule has 30 heavy (non-hydrogen) atoms. The van der Waals surface area contributed by atoms with Gasteiger partial charge >= 0.3 is 0 Å². The van der Waals surface area contributed by atoms with Crippen LogP contribution in [0, 0.1) is 0 Å². The molecule has 4 rings (SSSR count). The molecule has 0 bridgehead atoms. The van der Waals surface area contributed by atoms with Gasteiger partial charge in [-0.15, -0.1) is 0 Å². The Morgan fingerprint density at radius 3 is 2.20 bits per heavy atom. The molecule has 2 aliphatic heterocycles. The minimum Gasteiger partial charge on any atom is -0.385 e. The van der Waals surface area contributed by atoms with Crippen molar-refractivity contribution in [1.82, 2.24) is 24.8 Å². The van der Waals surface area contributed by atoms with Crippen LogP contribution in [0.1, 0.15) is 32.7 Å². The molecule has 2 saturated heterocycles. The molecule has 1 N–H and O–H groups in total. The zero-order valence-electron chi connectivity index (χ0n) is 18.3. The van der Waals surface area contributed by atoms with Crippen LogP contribution in [0.15, 0.2) is 24.5 Å². The summed E-state index contributed by atoms with van der Waals surface area (Å²) in [6.45, 7) is 11.8. The van der Waals surface area contributed by atoms with Crippen molar-refractivity contribution in [2.75, 3.05) is 61.0 Å². The maximum Gasteiger partial charge on any atom is 0.227 e. The molecule has 4 heterocycles. The van der Waals surface area contributed by atoms with Gasteiger partial charge in [0.1, 0.15) is 17.7 Å². The molecule has 9 heteroatoms. The number of hydrogen-bond acceptors (Lipinski definition) is 9. The van der Waals surface area contributed by atoms with E-state index in [0.717, 1.165) is 56.9 Å². The van der Waals surface area contributed by atoms with E-state index in [0.29, 0.717) is 5.82 Å². The van der Waals surface area contributed by atoms with E-state index in [-0.39, 0.29) is 12.1 Å². The number of aliphatic hydroxyl groups is 1. The molecule has 9 nitrogen and oxygen atoms in total. The summed E-state index contributed by atoms with van der Waals surface area (Å²) in [6.07, 6.45) is 2.93. The van der Waals surface area contributed by atoms with Crippen molar-refractivity contribution in [3.8, 4) is 0 Å². The third-order valence-electron chi connectivity index (χ3n) is 5.95. The molecule has 162 valence electrons. The van der Waals surface area contributed by atoms with Crippen molar-refractivity contribution in [3.63, 3.8) is 0 Å². The topological polar surface area (TPSA) is 84.7 Å². The maximum absolute atomic E-state index is 9.82. The summed E-state index contributed by atoms with van der Waals surface area (Å²) in [5.74, 6) is 3.12. The van der Waals surface area contributed by atoms with E-state index >= 15 is 0 Å². The first-order valence-corrected chi connectivity index (χ1v) is 10.7. The van der Waals surface area contributed by atoms with Gasteiger partial charge in [-0.3, -0.25) is 0 Å². The minimum atomic E-state index is -0.671. The molecule has 0 amide bonds. The molecule has 0 aromatic carbocycles. The molecule has 0 unspecified atom stereocenters. The lowest BCUT2D eigenvalue weighted by Crippen LogP contribution is -2.57. The van der Waals surface area contributed by atoms with Crippen LogP contribution in [0.25, 0.3) is 0 Å².